The number of amides is 1. The number of likely N-dealkylation sites (tertiary alicyclic amines) is 1. The van der Waals surface area contributed by atoms with Gasteiger partial charge >= 0.3 is 0 Å². The van der Waals surface area contributed by atoms with Gasteiger partial charge in [-0.3, -0.25) is 9.69 Å². The lowest BCUT2D eigenvalue weighted by atomic mass is 10.1. The van der Waals surface area contributed by atoms with Crippen LogP contribution in [0.4, 0.5) is 0 Å². The van der Waals surface area contributed by atoms with Gasteiger partial charge in [-0.05, 0) is 24.3 Å². The van der Waals surface area contributed by atoms with E-state index in [0.29, 0.717) is 37.7 Å². The summed E-state index contributed by atoms with van der Waals surface area (Å²) in [5, 5.41) is 10.4. The third-order valence-corrected chi connectivity index (χ3v) is 4.92. The smallest absolute Gasteiger partial charge is 0.254 e. The lowest BCUT2D eigenvalue weighted by Gasteiger charge is -2.33. The highest BCUT2D eigenvalue weighted by atomic mass is 16.5. The number of carbonyl (C=O) groups excluding carboxylic acids is 1. The van der Waals surface area contributed by atoms with Crippen molar-refractivity contribution in [2.24, 2.45) is 0 Å². The molecule has 0 saturated carbocycles. The summed E-state index contributed by atoms with van der Waals surface area (Å²) in [5.41, 5.74) is 0.591. The third kappa shape index (κ3) is 3.30. The summed E-state index contributed by atoms with van der Waals surface area (Å²) >= 11 is 0. The van der Waals surface area contributed by atoms with Crippen molar-refractivity contribution < 1.29 is 14.6 Å². The molecule has 2 fully saturated rings. The molecule has 1 N–H and O–H groups in total. The lowest BCUT2D eigenvalue weighted by molar-refractivity contribution is -0.00611. The van der Waals surface area contributed by atoms with E-state index in [0.717, 1.165) is 13.1 Å². The summed E-state index contributed by atoms with van der Waals surface area (Å²) in [6.45, 7) is 3.88. The van der Waals surface area contributed by atoms with Crippen LogP contribution in [0.2, 0.25) is 0 Å². The van der Waals surface area contributed by atoms with Crippen molar-refractivity contribution in [1.82, 2.24) is 19.4 Å². The van der Waals surface area contributed by atoms with Crippen molar-refractivity contribution in [2.75, 3.05) is 39.4 Å². The number of ether oxygens (including phenoxy) is 1. The second-order valence-electron chi connectivity index (χ2n) is 6.49. The highest BCUT2D eigenvalue weighted by Gasteiger charge is 2.38. The summed E-state index contributed by atoms with van der Waals surface area (Å²) in [4.78, 5) is 21.1. The zero-order valence-corrected chi connectivity index (χ0v) is 14.0. The Bertz CT molecular complexity index is 728. The maximum Gasteiger partial charge on any atom is 0.254 e. The Hall–Kier alpha value is -2.22. The number of carbonyl (C=O) groups is 1. The molecular formula is C18H22N4O3. The van der Waals surface area contributed by atoms with Crippen molar-refractivity contribution in [2.45, 2.75) is 12.1 Å². The minimum atomic E-state index is -0.521. The third-order valence-electron chi connectivity index (χ3n) is 4.92. The Balaban J connectivity index is 1.49. The predicted octanol–water partition coefficient (Wildman–Crippen LogP) is 0.390. The zero-order valence-electron chi connectivity index (χ0n) is 14.0. The molecule has 0 radical (unpaired) electrons. The summed E-state index contributed by atoms with van der Waals surface area (Å²) in [5.74, 6) is 0.644. The van der Waals surface area contributed by atoms with Gasteiger partial charge in [0.05, 0.1) is 25.4 Å². The molecule has 7 nitrogen and oxygen atoms in total. The van der Waals surface area contributed by atoms with Crippen LogP contribution in [0.5, 0.6) is 0 Å². The van der Waals surface area contributed by atoms with Crippen LogP contribution in [0.3, 0.4) is 0 Å². The average molecular weight is 342 g/mol. The first-order valence-corrected chi connectivity index (χ1v) is 8.61. The van der Waals surface area contributed by atoms with Gasteiger partial charge in [-0.15, -0.1) is 0 Å². The van der Waals surface area contributed by atoms with Crippen molar-refractivity contribution >= 4 is 5.91 Å². The van der Waals surface area contributed by atoms with Gasteiger partial charge in [0.2, 0.25) is 0 Å². The molecule has 2 saturated heterocycles. The molecule has 0 bridgehead atoms. The van der Waals surface area contributed by atoms with Crippen molar-refractivity contribution in [3.8, 4) is 5.82 Å². The van der Waals surface area contributed by atoms with E-state index < -0.39 is 6.10 Å². The molecule has 2 aromatic rings. The maximum atomic E-state index is 12.9. The van der Waals surface area contributed by atoms with Crippen LogP contribution in [-0.2, 0) is 4.74 Å². The van der Waals surface area contributed by atoms with Crippen molar-refractivity contribution in [3.63, 3.8) is 0 Å². The highest BCUT2D eigenvalue weighted by Crippen LogP contribution is 2.20. The number of pyridine rings is 1. The van der Waals surface area contributed by atoms with Crippen LogP contribution in [0, 0.1) is 0 Å². The van der Waals surface area contributed by atoms with Gasteiger partial charge in [-0.1, -0.05) is 0 Å². The fraction of sp³-hybridized carbons (Fsp3) is 0.444. The highest BCUT2D eigenvalue weighted by molar-refractivity contribution is 5.94. The lowest BCUT2D eigenvalue weighted by Crippen LogP contribution is -2.49. The predicted molar refractivity (Wildman–Crippen MR) is 91.7 cm³/mol. The topological polar surface area (TPSA) is 70.8 Å². The second-order valence-corrected chi connectivity index (χ2v) is 6.49. The van der Waals surface area contributed by atoms with Gasteiger partial charge in [-0.25, -0.2) is 4.98 Å². The monoisotopic (exact) mass is 342 g/mol. The molecule has 25 heavy (non-hydrogen) atoms. The van der Waals surface area contributed by atoms with Gasteiger partial charge in [-0.2, -0.15) is 0 Å². The minimum Gasteiger partial charge on any atom is -0.390 e. The molecule has 4 rings (SSSR count). The summed E-state index contributed by atoms with van der Waals surface area (Å²) in [7, 11) is 0. The second kappa shape index (κ2) is 6.95. The molecule has 0 spiro atoms. The fourth-order valence-electron chi connectivity index (χ4n) is 3.57. The summed E-state index contributed by atoms with van der Waals surface area (Å²) < 4.78 is 7.24. The van der Waals surface area contributed by atoms with Gasteiger partial charge in [0.25, 0.3) is 5.91 Å². The number of aromatic nitrogens is 2. The Labute approximate surface area is 146 Å². The number of aliphatic hydroxyl groups excluding tert-OH is 1. The van der Waals surface area contributed by atoms with E-state index in [9.17, 15) is 9.90 Å². The summed E-state index contributed by atoms with van der Waals surface area (Å²) in [6, 6.07) is 7.33. The van der Waals surface area contributed by atoms with E-state index in [1.54, 1.807) is 23.2 Å². The first-order valence-electron chi connectivity index (χ1n) is 8.61. The van der Waals surface area contributed by atoms with Crippen LogP contribution in [-0.4, -0.2) is 81.9 Å². The van der Waals surface area contributed by atoms with E-state index in [-0.39, 0.29) is 11.9 Å². The van der Waals surface area contributed by atoms with Crippen LogP contribution in [0.25, 0.3) is 5.82 Å². The molecule has 0 unspecified atom stereocenters. The number of hydrogen-bond acceptors (Lipinski definition) is 5. The van der Waals surface area contributed by atoms with Crippen molar-refractivity contribution in [3.05, 3.63) is 48.4 Å². The number of morpholine rings is 1. The molecule has 4 heterocycles. The molecule has 0 aliphatic carbocycles. The van der Waals surface area contributed by atoms with Gasteiger partial charge in [0.15, 0.2) is 0 Å². The Morgan fingerprint density at radius 3 is 2.72 bits per heavy atom. The number of β-amino-alcohol motifs (C(OH)–C–C–N with tert-alkyl or cyclic N) is 1. The number of aliphatic hydroxyl groups is 1. The molecule has 2 aromatic heterocycles. The Morgan fingerprint density at radius 1 is 1.20 bits per heavy atom. The Kier molecular flexibility index (Phi) is 4.52. The minimum absolute atomic E-state index is 0.0152. The van der Waals surface area contributed by atoms with Gasteiger partial charge in [0, 0.05) is 50.3 Å². The van der Waals surface area contributed by atoms with Crippen LogP contribution in [0.15, 0.2) is 42.9 Å². The van der Waals surface area contributed by atoms with E-state index in [2.05, 4.69) is 9.88 Å². The maximum absolute atomic E-state index is 12.9. The average Bonchev–Trinajstić information content (AvgIpc) is 3.32. The quantitative estimate of drug-likeness (QED) is 0.874. The Morgan fingerprint density at radius 2 is 1.96 bits per heavy atom. The largest absolute Gasteiger partial charge is 0.390 e. The molecule has 7 heteroatoms. The number of hydrogen-bond donors (Lipinski definition) is 1. The SMILES string of the molecule is O=C(c1ccnc(-n2cccc2)c1)N1C[C@@H](O)[C@H](N2CCOCC2)C1. The standard InChI is InChI=1S/C18H22N4O3/c23-16-13-22(12-15(16)20-7-9-25-10-8-20)18(24)14-3-4-19-17(11-14)21-5-1-2-6-21/h1-6,11,15-16,23H,7-10,12-13H2/t15-,16-/m1/s1. The first kappa shape index (κ1) is 16.3. The normalized spacial score (nSPS) is 24.6. The van der Waals surface area contributed by atoms with E-state index in [4.69, 9.17) is 4.74 Å². The first-order chi connectivity index (χ1) is 12.2. The molecule has 1 amide bonds. The fourth-order valence-corrected chi connectivity index (χ4v) is 3.57. The molecule has 2 aliphatic heterocycles. The zero-order chi connectivity index (χ0) is 17.2. The van der Waals surface area contributed by atoms with E-state index >= 15 is 0 Å². The molecular weight excluding hydrogens is 320 g/mol. The molecule has 132 valence electrons. The van der Waals surface area contributed by atoms with Gasteiger partial charge < -0.3 is 19.3 Å². The molecule has 2 aliphatic rings. The molecule has 2 atom stereocenters. The van der Waals surface area contributed by atoms with Gasteiger partial charge in [0.1, 0.15) is 5.82 Å². The number of nitrogens with zero attached hydrogens (tertiary/aromatic N) is 4. The van der Waals surface area contributed by atoms with Crippen LogP contribution < -0.4 is 0 Å². The summed E-state index contributed by atoms with van der Waals surface area (Å²) in [6.07, 6.45) is 4.91. The van der Waals surface area contributed by atoms with E-state index in [1.165, 1.54) is 0 Å². The van der Waals surface area contributed by atoms with E-state index in [1.807, 2.05) is 29.1 Å². The van der Waals surface area contributed by atoms with Crippen LogP contribution in [0.1, 0.15) is 10.4 Å². The van der Waals surface area contributed by atoms with Crippen molar-refractivity contribution in [1.29, 1.82) is 0 Å². The van der Waals surface area contributed by atoms with Crippen LogP contribution >= 0.6 is 0 Å². The molecule has 0 aromatic carbocycles. The number of rotatable bonds is 3.